The first-order valence-electron chi connectivity index (χ1n) is 7.94. The van der Waals surface area contributed by atoms with Crippen molar-refractivity contribution in [2.24, 2.45) is 0 Å². The number of nitrogens with one attached hydrogen (secondary N) is 1. The van der Waals surface area contributed by atoms with Gasteiger partial charge < -0.3 is 14.6 Å². The number of methoxy groups -OCH3 is 1. The van der Waals surface area contributed by atoms with E-state index in [1.807, 2.05) is 47.2 Å². The first kappa shape index (κ1) is 16.7. The fraction of sp³-hybridized carbons (Fsp3) is 0.211. The van der Waals surface area contributed by atoms with Crippen LogP contribution in [0, 0.1) is 0 Å². The molecule has 3 rings (SSSR count). The summed E-state index contributed by atoms with van der Waals surface area (Å²) >= 11 is 0. The summed E-state index contributed by atoms with van der Waals surface area (Å²) in [6, 6.07) is 11.0. The molecule has 128 valence electrons. The van der Waals surface area contributed by atoms with Gasteiger partial charge in [0, 0.05) is 31.1 Å². The summed E-state index contributed by atoms with van der Waals surface area (Å²) in [4.78, 5) is 27.6. The SMILES string of the molecule is COC(=O)C(Cc1cn(-c2cccnc2)c2ccccc12)NC(C)=O. The van der Waals surface area contributed by atoms with Gasteiger partial charge in [0.25, 0.3) is 0 Å². The molecule has 0 bridgehead atoms. The van der Waals surface area contributed by atoms with Crippen LogP contribution >= 0.6 is 0 Å². The van der Waals surface area contributed by atoms with E-state index in [0.29, 0.717) is 6.42 Å². The van der Waals surface area contributed by atoms with Gasteiger partial charge in [-0.15, -0.1) is 0 Å². The second-order valence-corrected chi connectivity index (χ2v) is 5.73. The normalized spacial score (nSPS) is 11.9. The van der Waals surface area contributed by atoms with Gasteiger partial charge in [-0.25, -0.2) is 4.79 Å². The fourth-order valence-electron chi connectivity index (χ4n) is 2.92. The van der Waals surface area contributed by atoms with Crippen LogP contribution in [0.5, 0.6) is 0 Å². The lowest BCUT2D eigenvalue weighted by molar-refractivity contribution is -0.144. The third-order valence-electron chi connectivity index (χ3n) is 4.01. The molecule has 2 heterocycles. The lowest BCUT2D eigenvalue weighted by Crippen LogP contribution is -2.41. The molecule has 2 aromatic heterocycles. The van der Waals surface area contributed by atoms with Gasteiger partial charge in [0.2, 0.25) is 5.91 Å². The zero-order valence-electron chi connectivity index (χ0n) is 14.1. The number of fused-ring (bicyclic) bond motifs is 1. The number of rotatable bonds is 5. The summed E-state index contributed by atoms with van der Waals surface area (Å²) < 4.78 is 6.85. The summed E-state index contributed by atoms with van der Waals surface area (Å²) in [6.45, 7) is 1.38. The van der Waals surface area contributed by atoms with Gasteiger partial charge in [0.1, 0.15) is 6.04 Å². The van der Waals surface area contributed by atoms with Gasteiger partial charge in [-0.3, -0.25) is 9.78 Å². The Morgan fingerprint density at radius 2 is 2.04 bits per heavy atom. The van der Waals surface area contributed by atoms with Crippen LogP contribution in [0.25, 0.3) is 16.6 Å². The first-order valence-corrected chi connectivity index (χ1v) is 7.94. The summed E-state index contributed by atoms with van der Waals surface area (Å²) in [5, 5.41) is 3.68. The number of carbonyl (C=O) groups excluding carboxylic acids is 2. The van der Waals surface area contributed by atoms with E-state index >= 15 is 0 Å². The zero-order valence-corrected chi connectivity index (χ0v) is 14.1. The Morgan fingerprint density at radius 3 is 2.72 bits per heavy atom. The maximum Gasteiger partial charge on any atom is 0.328 e. The van der Waals surface area contributed by atoms with Gasteiger partial charge in [0.15, 0.2) is 0 Å². The summed E-state index contributed by atoms with van der Waals surface area (Å²) in [5.41, 5.74) is 2.89. The molecule has 0 aliphatic heterocycles. The Labute approximate surface area is 145 Å². The highest BCUT2D eigenvalue weighted by Crippen LogP contribution is 2.25. The number of ether oxygens (including phenoxy) is 1. The Balaban J connectivity index is 2.04. The van der Waals surface area contributed by atoms with Crippen molar-refractivity contribution in [2.45, 2.75) is 19.4 Å². The summed E-state index contributed by atoms with van der Waals surface area (Å²) in [6.07, 6.45) is 5.82. The summed E-state index contributed by atoms with van der Waals surface area (Å²) in [7, 11) is 1.32. The van der Waals surface area contributed by atoms with E-state index in [4.69, 9.17) is 4.74 Å². The lowest BCUT2D eigenvalue weighted by Gasteiger charge is -2.14. The van der Waals surface area contributed by atoms with E-state index in [-0.39, 0.29) is 5.91 Å². The topological polar surface area (TPSA) is 73.2 Å². The van der Waals surface area contributed by atoms with Gasteiger partial charge in [-0.1, -0.05) is 18.2 Å². The van der Waals surface area contributed by atoms with Crippen molar-refractivity contribution in [3.63, 3.8) is 0 Å². The number of nitrogens with zero attached hydrogens (tertiary/aromatic N) is 2. The van der Waals surface area contributed by atoms with Gasteiger partial charge >= 0.3 is 5.97 Å². The van der Waals surface area contributed by atoms with Crippen LogP contribution in [0.1, 0.15) is 12.5 Å². The average molecular weight is 337 g/mol. The smallest absolute Gasteiger partial charge is 0.328 e. The van der Waals surface area contributed by atoms with Crippen molar-refractivity contribution in [3.8, 4) is 5.69 Å². The van der Waals surface area contributed by atoms with Crippen LogP contribution in [-0.2, 0) is 20.7 Å². The molecule has 6 nitrogen and oxygen atoms in total. The molecular formula is C19H19N3O3. The van der Waals surface area contributed by atoms with Crippen molar-refractivity contribution in [1.29, 1.82) is 0 Å². The Kier molecular flexibility index (Phi) is 4.79. The second-order valence-electron chi connectivity index (χ2n) is 5.73. The molecule has 0 radical (unpaired) electrons. The van der Waals surface area contributed by atoms with Crippen molar-refractivity contribution < 1.29 is 14.3 Å². The van der Waals surface area contributed by atoms with E-state index in [0.717, 1.165) is 22.2 Å². The first-order chi connectivity index (χ1) is 12.1. The van der Waals surface area contributed by atoms with E-state index < -0.39 is 12.0 Å². The fourth-order valence-corrected chi connectivity index (χ4v) is 2.92. The minimum atomic E-state index is -0.726. The zero-order chi connectivity index (χ0) is 17.8. The van der Waals surface area contributed by atoms with Crippen LogP contribution in [-0.4, -0.2) is 34.6 Å². The van der Waals surface area contributed by atoms with Gasteiger partial charge in [0.05, 0.1) is 24.5 Å². The molecule has 0 saturated heterocycles. The molecule has 0 aliphatic carbocycles. The third kappa shape index (κ3) is 3.52. The lowest BCUT2D eigenvalue weighted by atomic mass is 10.1. The third-order valence-corrected chi connectivity index (χ3v) is 4.01. The summed E-state index contributed by atoms with van der Waals surface area (Å²) in [5.74, 6) is -0.736. The van der Waals surface area contributed by atoms with Gasteiger partial charge in [-0.2, -0.15) is 0 Å². The average Bonchev–Trinajstić information content (AvgIpc) is 2.99. The molecule has 1 unspecified atom stereocenters. The monoisotopic (exact) mass is 337 g/mol. The minimum Gasteiger partial charge on any atom is -0.467 e. The highest BCUT2D eigenvalue weighted by Gasteiger charge is 2.22. The maximum atomic E-state index is 12.0. The molecule has 0 spiro atoms. The van der Waals surface area contributed by atoms with Crippen LogP contribution in [0.3, 0.4) is 0 Å². The number of aromatic nitrogens is 2. The molecule has 1 aromatic carbocycles. The Bertz CT molecular complexity index is 903. The molecule has 0 saturated carbocycles. The largest absolute Gasteiger partial charge is 0.467 e. The Hall–Kier alpha value is -3.15. The van der Waals surface area contributed by atoms with Crippen molar-refractivity contribution >= 4 is 22.8 Å². The molecule has 1 atom stereocenters. The highest BCUT2D eigenvalue weighted by atomic mass is 16.5. The van der Waals surface area contributed by atoms with Crippen molar-refractivity contribution in [3.05, 3.63) is 60.6 Å². The number of hydrogen-bond acceptors (Lipinski definition) is 4. The number of hydrogen-bond donors (Lipinski definition) is 1. The predicted octanol–water partition coefficient (Wildman–Crippen LogP) is 2.25. The number of carbonyl (C=O) groups is 2. The van der Waals surface area contributed by atoms with Crippen LogP contribution < -0.4 is 5.32 Å². The van der Waals surface area contributed by atoms with Gasteiger partial charge in [-0.05, 0) is 23.8 Å². The molecule has 6 heteroatoms. The van der Waals surface area contributed by atoms with Crippen molar-refractivity contribution in [2.75, 3.05) is 7.11 Å². The van der Waals surface area contributed by atoms with Crippen LogP contribution in [0.15, 0.2) is 55.0 Å². The van der Waals surface area contributed by atoms with Crippen LogP contribution in [0.2, 0.25) is 0 Å². The molecule has 3 aromatic rings. The molecule has 0 aliphatic rings. The highest BCUT2D eigenvalue weighted by molar-refractivity contribution is 5.88. The maximum absolute atomic E-state index is 12.0. The Morgan fingerprint density at radius 1 is 1.24 bits per heavy atom. The number of esters is 1. The van der Waals surface area contributed by atoms with E-state index in [2.05, 4.69) is 10.3 Å². The molecule has 1 N–H and O–H groups in total. The van der Waals surface area contributed by atoms with Crippen molar-refractivity contribution in [1.82, 2.24) is 14.9 Å². The van der Waals surface area contributed by atoms with E-state index in [1.165, 1.54) is 14.0 Å². The molecule has 25 heavy (non-hydrogen) atoms. The predicted molar refractivity (Wildman–Crippen MR) is 94.4 cm³/mol. The quantitative estimate of drug-likeness (QED) is 0.725. The standard InChI is InChI=1S/C19H19N3O3/c1-13(23)21-17(19(24)25-2)10-14-12-22(15-6-5-9-20-11-15)18-8-4-3-7-16(14)18/h3-9,11-12,17H,10H2,1-2H3,(H,21,23). The van der Waals surface area contributed by atoms with E-state index in [9.17, 15) is 9.59 Å². The number of amides is 1. The molecule has 0 fully saturated rings. The molecule has 1 amide bonds. The van der Waals surface area contributed by atoms with E-state index in [1.54, 1.807) is 12.4 Å². The second kappa shape index (κ2) is 7.17. The minimum absolute atomic E-state index is 0.272. The molecular weight excluding hydrogens is 318 g/mol. The number of pyridine rings is 1. The number of benzene rings is 1. The van der Waals surface area contributed by atoms with Crippen LogP contribution in [0.4, 0.5) is 0 Å². The number of para-hydroxylation sites is 1.